The maximum Gasteiger partial charge on any atom is 0.228 e. The van der Waals surface area contributed by atoms with Crippen molar-refractivity contribution >= 4 is 17.4 Å². The number of pyridine rings is 1. The molecular weight excluding hydrogens is 444 g/mol. The van der Waals surface area contributed by atoms with Gasteiger partial charge in [-0.1, -0.05) is 36.4 Å². The fourth-order valence-electron chi connectivity index (χ4n) is 4.30. The summed E-state index contributed by atoms with van der Waals surface area (Å²) in [7, 11) is 4.89. The molecule has 0 unspecified atom stereocenters. The van der Waals surface area contributed by atoms with Crippen LogP contribution in [0.4, 0.5) is 11.5 Å². The van der Waals surface area contributed by atoms with Gasteiger partial charge >= 0.3 is 0 Å². The quantitative estimate of drug-likeness (QED) is 0.506. The van der Waals surface area contributed by atoms with E-state index in [2.05, 4.69) is 20.1 Å². The van der Waals surface area contributed by atoms with Gasteiger partial charge in [0.05, 0.1) is 39.6 Å². The first kappa shape index (κ1) is 24.3. The Morgan fingerprint density at radius 1 is 0.886 bits per heavy atom. The van der Waals surface area contributed by atoms with Crippen LogP contribution in [0.25, 0.3) is 0 Å². The number of hydrogen-bond donors (Lipinski definition) is 1. The van der Waals surface area contributed by atoms with Crippen molar-refractivity contribution in [3.05, 3.63) is 71.9 Å². The van der Waals surface area contributed by atoms with Crippen molar-refractivity contribution in [3.8, 4) is 17.2 Å². The van der Waals surface area contributed by atoms with Crippen molar-refractivity contribution in [2.45, 2.75) is 13.0 Å². The number of nitrogens with zero attached hydrogens (tertiary/aromatic N) is 3. The van der Waals surface area contributed by atoms with Gasteiger partial charge in [0.2, 0.25) is 11.7 Å². The molecule has 8 nitrogen and oxygen atoms in total. The van der Waals surface area contributed by atoms with Crippen LogP contribution < -0.4 is 24.4 Å². The van der Waals surface area contributed by atoms with Crippen LogP contribution in [0.5, 0.6) is 17.2 Å². The molecule has 8 heteroatoms. The Hall–Kier alpha value is -3.78. The number of carbonyl (C=O) groups is 1. The Labute approximate surface area is 206 Å². The first-order valence-corrected chi connectivity index (χ1v) is 11.7. The Kier molecular flexibility index (Phi) is 8.05. The highest BCUT2D eigenvalue weighted by Gasteiger charge is 2.22. The van der Waals surface area contributed by atoms with Gasteiger partial charge in [0.15, 0.2) is 11.5 Å². The van der Waals surface area contributed by atoms with Crippen LogP contribution in [0.1, 0.15) is 11.1 Å². The molecule has 2 aromatic carbocycles. The minimum Gasteiger partial charge on any atom is -0.493 e. The van der Waals surface area contributed by atoms with E-state index in [9.17, 15) is 4.79 Å². The minimum absolute atomic E-state index is 0.0510. The summed E-state index contributed by atoms with van der Waals surface area (Å²) < 4.78 is 16.5. The van der Waals surface area contributed by atoms with Crippen molar-refractivity contribution in [1.82, 2.24) is 9.88 Å². The number of amides is 1. The average Bonchev–Trinajstić information content (AvgIpc) is 2.89. The maximum atomic E-state index is 12.3. The van der Waals surface area contributed by atoms with Crippen molar-refractivity contribution in [2.75, 3.05) is 57.7 Å². The molecule has 35 heavy (non-hydrogen) atoms. The van der Waals surface area contributed by atoms with E-state index in [1.807, 2.05) is 54.6 Å². The smallest absolute Gasteiger partial charge is 0.228 e. The minimum atomic E-state index is -0.0510. The van der Waals surface area contributed by atoms with Gasteiger partial charge in [0.1, 0.15) is 5.82 Å². The molecule has 1 aliphatic rings. The van der Waals surface area contributed by atoms with Gasteiger partial charge in [-0.15, -0.1) is 0 Å². The van der Waals surface area contributed by atoms with Crippen molar-refractivity contribution in [2.24, 2.45) is 0 Å². The molecule has 4 rings (SSSR count). The molecule has 0 spiro atoms. The second-order valence-electron chi connectivity index (χ2n) is 8.37. The van der Waals surface area contributed by atoms with E-state index in [1.54, 1.807) is 27.5 Å². The zero-order valence-electron chi connectivity index (χ0n) is 20.5. The van der Waals surface area contributed by atoms with Gasteiger partial charge in [-0.05, 0) is 23.8 Å². The fourth-order valence-corrected chi connectivity index (χ4v) is 4.30. The maximum absolute atomic E-state index is 12.3. The second-order valence-corrected chi connectivity index (χ2v) is 8.37. The molecular formula is C27H32N4O4. The number of benzene rings is 2. The molecule has 1 saturated heterocycles. The molecule has 0 aliphatic carbocycles. The van der Waals surface area contributed by atoms with Crippen LogP contribution in [0, 0.1) is 0 Å². The molecule has 1 aliphatic heterocycles. The topological polar surface area (TPSA) is 76.2 Å². The summed E-state index contributed by atoms with van der Waals surface area (Å²) >= 11 is 0. The van der Waals surface area contributed by atoms with Gasteiger partial charge in [-0.25, -0.2) is 4.98 Å². The predicted molar refractivity (Wildman–Crippen MR) is 137 cm³/mol. The van der Waals surface area contributed by atoms with Gasteiger partial charge in [0.25, 0.3) is 0 Å². The summed E-state index contributed by atoms with van der Waals surface area (Å²) in [6.07, 6.45) is 2.06. The Morgan fingerprint density at radius 3 is 2.26 bits per heavy atom. The number of piperazine rings is 1. The molecule has 0 radical (unpaired) electrons. The van der Waals surface area contributed by atoms with E-state index in [0.717, 1.165) is 49.7 Å². The Bertz CT molecular complexity index is 1110. The number of hydrogen-bond acceptors (Lipinski definition) is 7. The molecule has 0 bridgehead atoms. The lowest BCUT2D eigenvalue weighted by Gasteiger charge is -2.35. The molecule has 1 amide bonds. The van der Waals surface area contributed by atoms with E-state index in [0.29, 0.717) is 29.4 Å². The lowest BCUT2D eigenvalue weighted by molar-refractivity contribution is -0.115. The first-order chi connectivity index (χ1) is 17.1. The largest absolute Gasteiger partial charge is 0.493 e. The van der Waals surface area contributed by atoms with E-state index in [4.69, 9.17) is 14.2 Å². The van der Waals surface area contributed by atoms with Crippen LogP contribution in [0.2, 0.25) is 0 Å². The van der Waals surface area contributed by atoms with Crippen molar-refractivity contribution < 1.29 is 19.0 Å². The molecule has 0 saturated carbocycles. The Balaban J connectivity index is 1.31. The molecule has 1 aromatic heterocycles. The first-order valence-electron chi connectivity index (χ1n) is 11.7. The molecule has 184 valence electrons. The van der Waals surface area contributed by atoms with Crippen molar-refractivity contribution in [1.29, 1.82) is 0 Å². The lowest BCUT2D eigenvalue weighted by Crippen LogP contribution is -2.46. The second kappa shape index (κ2) is 11.6. The molecule has 2 heterocycles. The van der Waals surface area contributed by atoms with Gasteiger partial charge < -0.3 is 24.4 Å². The van der Waals surface area contributed by atoms with Gasteiger partial charge in [0, 0.05) is 38.3 Å². The highest BCUT2D eigenvalue weighted by molar-refractivity contribution is 5.92. The fraction of sp³-hybridized carbons (Fsp3) is 0.333. The van der Waals surface area contributed by atoms with Crippen LogP contribution >= 0.6 is 0 Å². The van der Waals surface area contributed by atoms with Crippen LogP contribution in [0.3, 0.4) is 0 Å². The van der Waals surface area contributed by atoms with Crippen LogP contribution in [0.15, 0.2) is 60.8 Å². The molecule has 1 fully saturated rings. The summed E-state index contributed by atoms with van der Waals surface area (Å²) in [5.41, 5.74) is 2.75. The standard InChI is InChI=1S/C27H32N4O4/c1-33-23-11-9-21(26(34-2)27(23)35-3)19-30-13-15-31(16-14-30)24-12-10-22(18-28-24)29-25(32)17-20-7-5-4-6-8-20/h4-12,18H,13-17,19H2,1-3H3,(H,29,32). The number of nitrogens with one attached hydrogen (secondary N) is 1. The number of rotatable bonds is 9. The normalized spacial score (nSPS) is 13.9. The summed E-state index contributed by atoms with van der Waals surface area (Å²) in [5.74, 6) is 2.84. The van der Waals surface area contributed by atoms with E-state index >= 15 is 0 Å². The van der Waals surface area contributed by atoms with E-state index < -0.39 is 0 Å². The monoisotopic (exact) mass is 476 g/mol. The number of aromatic nitrogens is 1. The van der Waals surface area contributed by atoms with Gasteiger partial charge in [-0.3, -0.25) is 9.69 Å². The Morgan fingerprint density at radius 2 is 1.63 bits per heavy atom. The summed E-state index contributed by atoms with van der Waals surface area (Å²) in [5, 5.41) is 2.92. The third kappa shape index (κ3) is 6.02. The van der Waals surface area contributed by atoms with E-state index in [1.165, 1.54) is 0 Å². The third-order valence-corrected chi connectivity index (χ3v) is 6.12. The zero-order chi connectivity index (χ0) is 24.6. The summed E-state index contributed by atoms with van der Waals surface area (Å²) in [6, 6.07) is 17.5. The predicted octanol–water partition coefficient (Wildman–Crippen LogP) is 3.61. The summed E-state index contributed by atoms with van der Waals surface area (Å²) in [6.45, 7) is 4.28. The number of ether oxygens (including phenoxy) is 3. The van der Waals surface area contributed by atoms with Crippen LogP contribution in [-0.4, -0.2) is 63.3 Å². The number of carbonyl (C=O) groups excluding carboxylic acids is 1. The number of methoxy groups -OCH3 is 3. The SMILES string of the molecule is COc1ccc(CN2CCN(c3ccc(NC(=O)Cc4ccccc4)cn3)CC2)c(OC)c1OC. The molecule has 3 aromatic rings. The zero-order valence-corrected chi connectivity index (χ0v) is 20.5. The van der Waals surface area contributed by atoms with E-state index in [-0.39, 0.29) is 5.91 Å². The highest BCUT2D eigenvalue weighted by Crippen LogP contribution is 2.40. The highest BCUT2D eigenvalue weighted by atomic mass is 16.5. The third-order valence-electron chi connectivity index (χ3n) is 6.12. The van der Waals surface area contributed by atoms with Gasteiger partial charge in [-0.2, -0.15) is 0 Å². The van der Waals surface area contributed by atoms with Crippen molar-refractivity contribution in [3.63, 3.8) is 0 Å². The molecule has 1 N–H and O–H groups in total. The molecule has 0 atom stereocenters. The number of anilines is 2. The summed E-state index contributed by atoms with van der Waals surface area (Å²) in [4.78, 5) is 21.5. The lowest BCUT2D eigenvalue weighted by atomic mass is 10.1. The average molecular weight is 477 g/mol. The van der Waals surface area contributed by atoms with Crippen LogP contribution in [-0.2, 0) is 17.8 Å².